The highest BCUT2D eigenvalue weighted by Gasteiger charge is 2.37. The van der Waals surface area contributed by atoms with E-state index in [1.807, 2.05) is 30.3 Å². The van der Waals surface area contributed by atoms with Crippen molar-refractivity contribution >= 4 is 29.2 Å². The molecule has 2 atom stereocenters. The van der Waals surface area contributed by atoms with E-state index in [4.69, 9.17) is 16.3 Å². The van der Waals surface area contributed by atoms with E-state index in [0.717, 1.165) is 24.8 Å². The first-order valence-corrected chi connectivity index (χ1v) is 7.22. The molecule has 2 heterocycles. The zero-order chi connectivity index (χ0) is 13.9. The van der Waals surface area contributed by atoms with Crippen LogP contribution in [-0.4, -0.2) is 35.5 Å². The third-order valence-electron chi connectivity index (χ3n) is 3.45. The molecule has 0 saturated heterocycles. The highest BCUT2D eigenvalue weighted by Crippen LogP contribution is 2.22. The van der Waals surface area contributed by atoms with Gasteiger partial charge in [-0.15, -0.1) is 11.6 Å². The SMILES string of the molecule is O=C1OC(c2ccccc2)=N[C@@H]1C1=NCCCC[C@@H]1Cl. The Balaban J connectivity index is 1.88. The topological polar surface area (TPSA) is 51.0 Å². The molecule has 104 valence electrons. The van der Waals surface area contributed by atoms with Gasteiger partial charge in [0.1, 0.15) is 0 Å². The summed E-state index contributed by atoms with van der Waals surface area (Å²) in [5.74, 6) is -0.0217. The molecular formula is C15H15ClN2O2. The first-order valence-electron chi connectivity index (χ1n) is 6.79. The number of alkyl halides is 1. The quantitative estimate of drug-likeness (QED) is 0.621. The molecule has 0 bridgehead atoms. The van der Waals surface area contributed by atoms with Gasteiger partial charge in [-0.2, -0.15) is 0 Å². The van der Waals surface area contributed by atoms with E-state index in [9.17, 15) is 4.79 Å². The summed E-state index contributed by atoms with van der Waals surface area (Å²) in [5.41, 5.74) is 1.45. The van der Waals surface area contributed by atoms with Gasteiger partial charge in [0, 0.05) is 12.1 Å². The minimum atomic E-state index is -0.675. The molecule has 0 aromatic heterocycles. The van der Waals surface area contributed by atoms with Gasteiger partial charge < -0.3 is 4.74 Å². The predicted octanol–water partition coefficient (Wildman–Crippen LogP) is 2.59. The average molecular weight is 291 g/mol. The number of halogens is 1. The Morgan fingerprint density at radius 1 is 1.20 bits per heavy atom. The Kier molecular flexibility index (Phi) is 3.83. The first-order chi connectivity index (χ1) is 9.75. The van der Waals surface area contributed by atoms with Crippen LogP contribution in [0.2, 0.25) is 0 Å². The fourth-order valence-electron chi connectivity index (χ4n) is 2.40. The standard InChI is InChI=1S/C15H15ClN2O2/c16-11-8-4-5-9-17-12(11)13-15(19)20-14(18-13)10-6-2-1-3-7-10/h1-3,6-7,11,13H,4-5,8-9H2/t11-,13+/m0/s1. The van der Waals surface area contributed by atoms with Crippen LogP contribution >= 0.6 is 11.6 Å². The molecule has 0 radical (unpaired) electrons. The van der Waals surface area contributed by atoms with Crippen molar-refractivity contribution in [3.8, 4) is 0 Å². The van der Waals surface area contributed by atoms with E-state index < -0.39 is 6.04 Å². The Hall–Kier alpha value is -1.68. The second-order valence-corrected chi connectivity index (χ2v) is 5.42. The Morgan fingerprint density at radius 3 is 2.80 bits per heavy atom. The van der Waals surface area contributed by atoms with Crippen LogP contribution in [0.3, 0.4) is 0 Å². The number of carbonyl (C=O) groups is 1. The lowest BCUT2D eigenvalue weighted by Gasteiger charge is -2.11. The molecule has 1 aromatic carbocycles. The van der Waals surface area contributed by atoms with Gasteiger partial charge >= 0.3 is 5.97 Å². The summed E-state index contributed by atoms with van der Waals surface area (Å²) in [6, 6.07) is 8.72. The monoisotopic (exact) mass is 290 g/mol. The number of hydrogen-bond donors (Lipinski definition) is 0. The number of benzene rings is 1. The zero-order valence-corrected chi connectivity index (χ0v) is 11.7. The minimum absolute atomic E-state index is 0.228. The van der Waals surface area contributed by atoms with Crippen LogP contribution in [0, 0.1) is 0 Å². The minimum Gasteiger partial charge on any atom is -0.405 e. The molecule has 5 heteroatoms. The van der Waals surface area contributed by atoms with Gasteiger partial charge in [-0.05, 0) is 31.4 Å². The highest BCUT2D eigenvalue weighted by atomic mass is 35.5. The van der Waals surface area contributed by atoms with Crippen LogP contribution in [-0.2, 0) is 9.53 Å². The van der Waals surface area contributed by atoms with E-state index in [1.165, 1.54) is 0 Å². The maximum Gasteiger partial charge on any atom is 0.343 e. The molecule has 0 aliphatic carbocycles. The number of hydrogen-bond acceptors (Lipinski definition) is 4. The molecule has 0 fully saturated rings. The van der Waals surface area contributed by atoms with Crippen molar-refractivity contribution in [2.24, 2.45) is 9.98 Å². The van der Waals surface area contributed by atoms with Crippen molar-refractivity contribution in [2.75, 3.05) is 6.54 Å². The summed E-state index contributed by atoms with van der Waals surface area (Å²) in [6.45, 7) is 0.707. The fraction of sp³-hybridized carbons (Fsp3) is 0.400. The van der Waals surface area contributed by atoms with Gasteiger partial charge in [-0.25, -0.2) is 9.79 Å². The van der Waals surface area contributed by atoms with Crippen molar-refractivity contribution in [1.29, 1.82) is 0 Å². The molecule has 0 N–H and O–H groups in total. The molecular weight excluding hydrogens is 276 g/mol. The van der Waals surface area contributed by atoms with E-state index in [2.05, 4.69) is 9.98 Å². The van der Waals surface area contributed by atoms with Gasteiger partial charge in [0.25, 0.3) is 0 Å². The molecule has 0 saturated carbocycles. The van der Waals surface area contributed by atoms with Gasteiger partial charge in [-0.1, -0.05) is 18.2 Å². The number of esters is 1. The number of carbonyl (C=O) groups excluding carboxylic acids is 1. The van der Waals surface area contributed by atoms with Crippen LogP contribution in [0.4, 0.5) is 0 Å². The summed E-state index contributed by atoms with van der Waals surface area (Å²) in [7, 11) is 0. The van der Waals surface area contributed by atoms with Gasteiger partial charge in [0.15, 0.2) is 6.04 Å². The molecule has 0 spiro atoms. The largest absolute Gasteiger partial charge is 0.405 e. The number of rotatable bonds is 2. The molecule has 1 aromatic rings. The molecule has 0 unspecified atom stereocenters. The zero-order valence-electron chi connectivity index (χ0n) is 11.0. The molecule has 2 aliphatic rings. The van der Waals surface area contributed by atoms with Gasteiger partial charge in [0.05, 0.1) is 11.1 Å². The van der Waals surface area contributed by atoms with E-state index in [1.54, 1.807) is 0 Å². The van der Waals surface area contributed by atoms with Crippen molar-refractivity contribution in [3.05, 3.63) is 35.9 Å². The summed E-state index contributed by atoms with van der Waals surface area (Å²) < 4.78 is 5.27. The number of aliphatic imine (C=N–C) groups is 2. The Morgan fingerprint density at radius 2 is 2.00 bits per heavy atom. The van der Waals surface area contributed by atoms with Crippen LogP contribution in [0.15, 0.2) is 40.3 Å². The number of nitrogens with zero attached hydrogens (tertiary/aromatic N) is 2. The highest BCUT2D eigenvalue weighted by molar-refractivity contribution is 6.36. The third-order valence-corrected chi connectivity index (χ3v) is 3.89. The van der Waals surface area contributed by atoms with Crippen molar-refractivity contribution in [2.45, 2.75) is 30.7 Å². The summed E-state index contributed by atoms with van der Waals surface area (Å²) in [4.78, 5) is 20.9. The third kappa shape index (κ3) is 2.61. The number of cyclic esters (lactones) is 1. The normalized spacial score (nSPS) is 26.6. The molecule has 3 rings (SSSR count). The lowest BCUT2D eigenvalue weighted by atomic mass is 10.1. The van der Waals surface area contributed by atoms with Crippen LogP contribution in [0.5, 0.6) is 0 Å². The Labute approximate surface area is 122 Å². The van der Waals surface area contributed by atoms with Crippen LogP contribution < -0.4 is 0 Å². The summed E-state index contributed by atoms with van der Waals surface area (Å²) in [6.07, 6.45) is 2.86. The van der Waals surface area contributed by atoms with Crippen LogP contribution in [0.1, 0.15) is 24.8 Å². The second kappa shape index (κ2) is 5.75. The lowest BCUT2D eigenvalue weighted by Crippen LogP contribution is -2.32. The van der Waals surface area contributed by atoms with E-state index in [-0.39, 0.29) is 11.3 Å². The van der Waals surface area contributed by atoms with E-state index in [0.29, 0.717) is 18.2 Å². The van der Waals surface area contributed by atoms with Gasteiger partial charge in [0.2, 0.25) is 5.90 Å². The summed E-state index contributed by atoms with van der Waals surface area (Å²) >= 11 is 6.32. The lowest BCUT2D eigenvalue weighted by molar-refractivity contribution is -0.133. The van der Waals surface area contributed by atoms with Crippen molar-refractivity contribution in [1.82, 2.24) is 0 Å². The molecule has 4 nitrogen and oxygen atoms in total. The maximum absolute atomic E-state index is 12.0. The maximum atomic E-state index is 12.0. The number of ether oxygens (including phenoxy) is 1. The molecule has 2 aliphatic heterocycles. The smallest absolute Gasteiger partial charge is 0.343 e. The average Bonchev–Trinajstić information content (AvgIpc) is 2.72. The van der Waals surface area contributed by atoms with Crippen LogP contribution in [0.25, 0.3) is 0 Å². The molecule has 0 amide bonds. The van der Waals surface area contributed by atoms with Crippen molar-refractivity contribution in [3.63, 3.8) is 0 Å². The first kappa shape index (κ1) is 13.3. The Bertz CT molecular complexity index is 568. The van der Waals surface area contributed by atoms with Crippen molar-refractivity contribution < 1.29 is 9.53 Å². The fourth-order valence-corrected chi connectivity index (χ4v) is 2.74. The van der Waals surface area contributed by atoms with Gasteiger partial charge in [-0.3, -0.25) is 4.99 Å². The predicted molar refractivity (Wildman–Crippen MR) is 78.7 cm³/mol. The molecule has 20 heavy (non-hydrogen) atoms. The van der Waals surface area contributed by atoms with E-state index >= 15 is 0 Å². The summed E-state index contributed by atoms with van der Waals surface area (Å²) in [5, 5.41) is -0.228. The second-order valence-electron chi connectivity index (χ2n) is 4.89.